The van der Waals surface area contributed by atoms with E-state index in [1.54, 1.807) is 0 Å². The van der Waals surface area contributed by atoms with Crippen LogP contribution in [0, 0.1) is 0 Å². The highest BCUT2D eigenvalue weighted by Gasteiger charge is 2.05. The maximum absolute atomic E-state index is 8.83. The van der Waals surface area contributed by atoms with Crippen LogP contribution in [0.25, 0.3) is 0 Å². The number of nitrogens with zero attached hydrogens (tertiary/aromatic N) is 1. The van der Waals surface area contributed by atoms with Crippen molar-refractivity contribution in [2.24, 2.45) is 0 Å². The monoisotopic (exact) mass is 233 g/mol. The summed E-state index contributed by atoms with van der Waals surface area (Å²) in [6.45, 7) is 2.00. The maximum Gasteiger partial charge on any atom is 0.399 e. The number of aliphatic hydroxyl groups is 1. The molecule has 0 aliphatic carbocycles. The Morgan fingerprint density at radius 2 is 2.06 bits per heavy atom. The lowest BCUT2D eigenvalue weighted by Crippen LogP contribution is -1.87. The molecule has 90 valence electrons. The van der Waals surface area contributed by atoms with Crippen molar-refractivity contribution >= 4 is 0 Å². The Hall–Kier alpha value is -1.81. The molecule has 0 amide bonds. The summed E-state index contributed by atoms with van der Waals surface area (Å²) in [7, 11) is 0. The fourth-order valence-corrected chi connectivity index (χ4v) is 1.52. The first kappa shape index (κ1) is 11.7. The number of hydrogen-bond donors (Lipinski definition) is 1. The van der Waals surface area contributed by atoms with Crippen LogP contribution in [0.5, 0.6) is 11.8 Å². The summed E-state index contributed by atoms with van der Waals surface area (Å²) in [6.07, 6.45) is 3.71. The Labute approximate surface area is 99.9 Å². The molecule has 4 heteroatoms. The Kier molecular flexibility index (Phi) is 3.77. The van der Waals surface area contributed by atoms with Gasteiger partial charge in [0.25, 0.3) is 0 Å². The lowest BCUT2D eigenvalue weighted by atomic mass is 10.1. The molecule has 4 nitrogen and oxygen atoms in total. The van der Waals surface area contributed by atoms with Crippen LogP contribution in [0.2, 0.25) is 0 Å². The molecule has 0 saturated heterocycles. The summed E-state index contributed by atoms with van der Waals surface area (Å²) >= 11 is 0. The minimum atomic E-state index is -0.150. The van der Waals surface area contributed by atoms with E-state index in [0.29, 0.717) is 11.4 Å². The standard InChI is InChI=1S/C13H15NO3/c1-2-3-10-4-6-12(7-5-10)17-13-14-11(8-15)9-16-13/h4-7,9,15H,2-3,8H2,1H3. The molecule has 1 aromatic heterocycles. The fraction of sp³-hybridized carbons (Fsp3) is 0.308. The second kappa shape index (κ2) is 5.50. The molecule has 2 rings (SSSR count). The number of rotatable bonds is 5. The van der Waals surface area contributed by atoms with Gasteiger partial charge in [0.1, 0.15) is 17.7 Å². The molecule has 0 bridgehead atoms. The highest BCUT2D eigenvalue weighted by atomic mass is 16.6. The number of oxazole rings is 1. The number of aromatic nitrogens is 1. The van der Waals surface area contributed by atoms with Crippen LogP contribution in [0.1, 0.15) is 24.6 Å². The average molecular weight is 233 g/mol. The zero-order valence-electron chi connectivity index (χ0n) is 9.72. The van der Waals surface area contributed by atoms with Gasteiger partial charge in [-0.2, -0.15) is 4.98 Å². The molecule has 0 radical (unpaired) electrons. The van der Waals surface area contributed by atoms with E-state index in [2.05, 4.69) is 11.9 Å². The fourth-order valence-electron chi connectivity index (χ4n) is 1.52. The second-order valence-corrected chi connectivity index (χ2v) is 3.76. The number of ether oxygens (including phenoxy) is 1. The molecule has 0 aliphatic rings. The SMILES string of the molecule is CCCc1ccc(Oc2nc(CO)co2)cc1. The largest absolute Gasteiger partial charge is 0.417 e. The highest BCUT2D eigenvalue weighted by molar-refractivity contribution is 5.29. The van der Waals surface area contributed by atoms with Gasteiger partial charge in [-0.3, -0.25) is 0 Å². The van der Waals surface area contributed by atoms with E-state index in [1.807, 2.05) is 24.3 Å². The molecule has 0 unspecified atom stereocenters. The van der Waals surface area contributed by atoms with Gasteiger partial charge in [-0.25, -0.2) is 0 Å². The number of hydrogen-bond acceptors (Lipinski definition) is 4. The lowest BCUT2D eigenvalue weighted by Gasteiger charge is -2.02. The summed E-state index contributed by atoms with van der Waals surface area (Å²) in [6, 6.07) is 7.81. The molecule has 0 saturated carbocycles. The Morgan fingerprint density at radius 1 is 1.29 bits per heavy atom. The van der Waals surface area contributed by atoms with E-state index in [-0.39, 0.29) is 12.7 Å². The van der Waals surface area contributed by atoms with E-state index in [1.165, 1.54) is 11.8 Å². The summed E-state index contributed by atoms with van der Waals surface area (Å²) in [5.74, 6) is 0.677. The van der Waals surface area contributed by atoms with Gasteiger partial charge in [-0.1, -0.05) is 25.5 Å². The number of aryl methyl sites for hydroxylation is 1. The van der Waals surface area contributed by atoms with Gasteiger partial charge in [0, 0.05) is 0 Å². The Balaban J connectivity index is 2.03. The first-order valence-electron chi connectivity index (χ1n) is 5.64. The minimum absolute atomic E-state index is 0.150. The van der Waals surface area contributed by atoms with E-state index in [0.717, 1.165) is 12.8 Å². The maximum atomic E-state index is 8.83. The minimum Gasteiger partial charge on any atom is -0.417 e. The summed E-state index contributed by atoms with van der Waals surface area (Å²) in [5.41, 5.74) is 1.74. The molecular formula is C13H15NO3. The quantitative estimate of drug-likeness (QED) is 0.862. The third kappa shape index (κ3) is 3.07. The molecular weight excluding hydrogens is 218 g/mol. The Morgan fingerprint density at radius 3 is 2.65 bits per heavy atom. The normalized spacial score (nSPS) is 10.5. The first-order chi connectivity index (χ1) is 8.31. The van der Waals surface area contributed by atoms with Gasteiger partial charge < -0.3 is 14.3 Å². The smallest absolute Gasteiger partial charge is 0.399 e. The topological polar surface area (TPSA) is 55.5 Å². The molecule has 17 heavy (non-hydrogen) atoms. The first-order valence-corrected chi connectivity index (χ1v) is 5.64. The van der Waals surface area contributed by atoms with Gasteiger partial charge in [0.15, 0.2) is 0 Å². The predicted molar refractivity (Wildman–Crippen MR) is 62.9 cm³/mol. The van der Waals surface area contributed by atoms with Gasteiger partial charge in [0.2, 0.25) is 0 Å². The van der Waals surface area contributed by atoms with Crippen molar-refractivity contribution in [1.82, 2.24) is 4.98 Å². The van der Waals surface area contributed by atoms with Crippen molar-refractivity contribution in [1.29, 1.82) is 0 Å². The third-order valence-electron chi connectivity index (χ3n) is 2.36. The van der Waals surface area contributed by atoms with Crippen LogP contribution < -0.4 is 4.74 Å². The van der Waals surface area contributed by atoms with Gasteiger partial charge in [-0.15, -0.1) is 0 Å². The zero-order valence-corrected chi connectivity index (χ0v) is 9.72. The van der Waals surface area contributed by atoms with Crippen LogP contribution in [0.3, 0.4) is 0 Å². The molecule has 0 spiro atoms. The van der Waals surface area contributed by atoms with Gasteiger partial charge in [-0.05, 0) is 24.1 Å². The highest BCUT2D eigenvalue weighted by Crippen LogP contribution is 2.21. The number of benzene rings is 1. The molecule has 0 aliphatic heterocycles. The lowest BCUT2D eigenvalue weighted by molar-refractivity contribution is 0.276. The van der Waals surface area contributed by atoms with E-state index >= 15 is 0 Å². The molecule has 0 fully saturated rings. The van der Waals surface area contributed by atoms with E-state index in [4.69, 9.17) is 14.3 Å². The second-order valence-electron chi connectivity index (χ2n) is 3.76. The van der Waals surface area contributed by atoms with Crippen molar-refractivity contribution in [2.45, 2.75) is 26.4 Å². The molecule has 1 aromatic carbocycles. The summed E-state index contributed by atoms with van der Waals surface area (Å²) in [5, 5.41) is 8.83. The van der Waals surface area contributed by atoms with Crippen LogP contribution in [0.4, 0.5) is 0 Å². The summed E-state index contributed by atoms with van der Waals surface area (Å²) in [4.78, 5) is 3.94. The Bertz CT molecular complexity index is 462. The molecule has 0 atom stereocenters. The van der Waals surface area contributed by atoms with Crippen LogP contribution in [-0.4, -0.2) is 10.1 Å². The molecule has 1 N–H and O–H groups in total. The van der Waals surface area contributed by atoms with Crippen LogP contribution in [0.15, 0.2) is 34.9 Å². The van der Waals surface area contributed by atoms with Crippen molar-refractivity contribution in [3.63, 3.8) is 0 Å². The van der Waals surface area contributed by atoms with Crippen molar-refractivity contribution < 1.29 is 14.3 Å². The molecule has 1 heterocycles. The molecule has 2 aromatic rings. The van der Waals surface area contributed by atoms with Crippen LogP contribution in [-0.2, 0) is 13.0 Å². The van der Waals surface area contributed by atoms with Crippen molar-refractivity contribution in [3.05, 3.63) is 41.8 Å². The van der Waals surface area contributed by atoms with Crippen LogP contribution >= 0.6 is 0 Å². The average Bonchev–Trinajstić information content (AvgIpc) is 2.80. The van der Waals surface area contributed by atoms with E-state index < -0.39 is 0 Å². The predicted octanol–water partition coefficient (Wildman–Crippen LogP) is 2.91. The van der Waals surface area contributed by atoms with Gasteiger partial charge >= 0.3 is 6.08 Å². The number of aliphatic hydroxyl groups excluding tert-OH is 1. The van der Waals surface area contributed by atoms with E-state index in [9.17, 15) is 0 Å². The third-order valence-corrected chi connectivity index (χ3v) is 2.36. The van der Waals surface area contributed by atoms with Crippen molar-refractivity contribution in [2.75, 3.05) is 0 Å². The van der Waals surface area contributed by atoms with Crippen molar-refractivity contribution in [3.8, 4) is 11.8 Å². The van der Waals surface area contributed by atoms with Gasteiger partial charge in [0.05, 0.1) is 6.61 Å². The summed E-state index contributed by atoms with van der Waals surface area (Å²) < 4.78 is 10.4. The zero-order chi connectivity index (χ0) is 12.1.